The minimum absolute atomic E-state index is 0.628. The van der Waals surface area contributed by atoms with Crippen LogP contribution in [0.1, 0.15) is 18.4 Å². The first kappa shape index (κ1) is 11.8. The lowest BCUT2D eigenvalue weighted by molar-refractivity contribution is 0.231. The number of nitriles is 1. The highest BCUT2D eigenvalue weighted by atomic mass is 35.5. The lowest BCUT2D eigenvalue weighted by Gasteiger charge is -2.39. The molecule has 94 valence electrons. The standard InChI is InChI=1S/C14H16ClN3/c15-13-8-11(9-16)3-4-14(13)18-7-6-17-5-1-2-12(17)10-18/h3-4,8,12H,1-2,5-7,10H2. The van der Waals surface area contributed by atoms with Gasteiger partial charge in [0.2, 0.25) is 0 Å². The highest BCUT2D eigenvalue weighted by Crippen LogP contribution is 2.30. The first-order valence-electron chi connectivity index (χ1n) is 6.46. The molecular formula is C14H16ClN3. The average molecular weight is 262 g/mol. The van der Waals surface area contributed by atoms with Crippen molar-refractivity contribution in [3.05, 3.63) is 28.8 Å². The largest absolute Gasteiger partial charge is 0.367 e. The van der Waals surface area contributed by atoms with Crippen LogP contribution in [0.25, 0.3) is 0 Å². The van der Waals surface area contributed by atoms with Crippen LogP contribution >= 0.6 is 11.6 Å². The minimum Gasteiger partial charge on any atom is -0.367 e. The lowest BCUT2D eigenvalue weighted by Crippen LogP contribution is -2.50. The van der Waals surface area contributed by atoms with E-state index in [1.54, 1.807) is 6.07 Å². The van der Waals surface area contributed by atoms with Crippen molar-refractivity contribution in [3.8, 4) is 6.07 Å². The molecule has 2 fully saturated rings. The van der Waals surface area contributed by atoms with E-state index in [4.69, 9.17) is 16.9 Å². The molecule has 2 aliphatic heterocycles. The van der Waals surface area contributed by atoms with E-state index in [0.29, 0.717) is 16.6 Å². The van der Waals surface area contributed by atoms with Gasteiger partial charge in [-0.15, -0.1) is 0 Å². The predicted molar refractivity (Wildman–Crippen MR) is 73.0 cm³/mol. The monoisotopic (exact) mass is 261 g/mol. The first-order valence-corrected chi connectivity index (χ1v) is 6.84. The molecule has 0 radical (unpaired) electrons. The topological polar surface area (TPSA) is 30.3 Å². The van der Waals surface area contributed by atoms with Gasteiger partial charge in [0.1, 0.15) is 0 Å². The molecule has 4 heteroatoms. The van der Waals surface area contributed by atoms with E-state index >= 15 is 0 Å². The fraction of sp³-hybridized carbons (Fsp3) is 0.500. The van der Waals surface area contributed by atoms with Crippen LogP contribution in [0.4, 0.5) is 5.69 Å². The van der Waals surface area contributed by atoms with Gasteiger partial charge in [0, 0.05) is 25.7 Å². The number of hydrogen-bond donors (Lipinski definition) is 0. The van der Waals surface area contributed by atoms with Crippen LogP contribution in [0.3, 0.4) is 0 Å². The summed E-state index contributed by atoms with van der Waals surface area (Å²) < 4.78 is 0. The van der Waals surface area contributed by atoms with Crippen molar-refractivity contribution in [1.82, 2.24) is 4.90 Å². The van der Waals surface area contributed by atoms with E-state index in [9.17, 15) is 0 Å². The molecule has 3 nitrogen and oxygen atoms in total. The quantitative estimate of drug-likeness (QED) is 0.778. The smallest absolute Gasteiger partial charge is 0.0992 e. The van der Waals surface area contributed by atoms with Crippen molar-refractivity contribution in [2.24, 2.45) is 0 Å². The Morgan fingerprint density at radius 1 is 1.28 bits per heavy atom. The third-order valence-electron chi connectivity index (χ3n) is 4.00. The van der Waals surface area contributed by atoms with Gasteiger partial charge >= 0.3 is 0 Å². The molecule has 18 heavy (non-hydrogen) atoms. The van der Waals surface area contributed by atoms with Crippen LogP contribution in [-0.2, 0) is 0 Å². The fourth-order valence-electron chi connectivity index (χ4n) is 3.04. The van der Waals surface area contributed by atoms with Crippen molar-refractivity contribution in [3.63, 3.8) is 0 Å². The van der Waals surface area contributed by atoms with E-state index in [0.717, 1.165) is 25.3 Å². The summed E-state index contributed by atoms with van der Waals surface area (Å²) in [7, 11) is 0. The van der Waals surface area contributed by atoms with E-state index in [1.807, 2.05) is 12.1 Å². The number of benzene rings is 1. The SMILES string of the molecule is N#Cc1ccc(N2CCN3CCCC3C2)c(Cl)c1. The first-order chi connectivity index (χ1) is 8.78. The third-order valence-corrected chi connectivity index (χ3v) is 4.31. The zero-order valence-corrected chi connectivity index (χ0v) is 11.0. The molecule has 0 saturated carbocycles. The Balaban J connectivity index is 1.81. The van der Waals surface area contributed by atoms with Crippen molar-refractivity contribution in [2.75, 3.05) is 31.1 Å². The van der Waals surface area contributed by atoms with Gasteiger partial charge in [0.05, 0.1) is 22.3 Å². The van der Waals surface area contributed by atoms with Gasteiger partial charge in [-0.2, -0.15) is 5.26 Å². The number of piperazine rings is 1. The molecule has 1 aromatic rings. The number of anilines is 1. The molecule has 0 aromatic heterocycles. The molecule has 2 aliphatic rings. The van der Waals surface area contributed by atoms with Crippen LogP contribution in [0.15, 0.2) is 18.2 Å². The highest BCUT2D eigenvalue weighted by molar-refractivity contribution is 6.33. The zero-order chi connectivity index (χ0) is 12.5. The van der Waals surface area contributed by atoms with Gasteiger partial charge in [-0.25, -0.2) is 0 Å². The van der Waals surface area contributed by atoms with Gasteiger partial charge in [-0.3, -0.25) is 4.90 Å². The van der Waals surface area contributed by atoms with Crippen molar-refractivity contribution in [2.45, 2.75) is 18.9 Å². The Labute approximate surface area is 113 Å². The van der Waals surface area contributed by atoms with Crippen molar-refractivity contribution >= 4 is 17.3 Å². The van der Waals surface area contributed by atoms with Crippen LogP contribution in [-0.4, -0.2) is 37.1 Å². The van der Waals surface area contributed by atoms with E-state index in [-0.39, 0.29) is 0 Å². The summed E-state index contributed by atoms with van der Waals surface area (Å²) in [5.41, 5.74) is 1.70. The summed E-state index contributed by atoms with van der Waals surface area (Å²) in [6.45, 7) is 4.47. The molecule has 0 aliphatic carbocycles. The van der Waals surface area contributed by atoms with Gasteiger partial charge in [0.25, 0.3) is 0 Å². The van der Waals surface area contributed by atoms with Crippen LogP contribution in [0.5, 0.6) is 0 Å². The van der Waals surface area contributed by atoms with E-state index < -0.39 is 0 Å². The molecule has 2 saturated heterocycles. The second-order valence-corrected chi connectivity index (χ2v) is 5.46. The maximum Gasteiger partial charge on any atom is 0.0992 e. The van der Waals surface area contributed by atoms with Crippen LogP contribution in [0.2, 0.25) is 5.02 Å². The Kier molecular flexibility index (Phi) is 3.15. The lowest BCUT2D eigenvalue weighted by atomic mass is 10.1. The van der Waals surface area contributed by atoms with Crippen LogP contribution in [0, 0.1) is 11.3 Å². The summed E-state index contributed by atoms with van der Waals surface area (Å²) in [6, 6.07) is 8.40. The maximum atomic E-state index is 8.86. The third kappa shape index (κ3) is 2.07. The number of hydrogen-bond acceptors (Lipinski definition) is 3. The van der Waals surface area contributed by atoms with Gasteiger partial charge < -0.3 is 4.90 Å². The number of fused-ring (bicyclic) bond motifs is 1. The number of rotatable bonds is 1. The molecule has 1 aromatic carbocycles. The summed E-state index contributed by atoms with van der Waals surface area (Å²) in [4.78, 5) is 4.93. The molecule has 0 spiro atoms. The van der Waals surface area contributed by atoms with Gasteiger partial charge in [-0.05, 0) is 37.6 Å². The Morgan fingerprint density at radius 2 is 2.17 bits per heavy atom. The molecule has 2 heterocycles. The maximum absolute atomic E-state index is 8.86. The fourth-order valence-corrected chi connectivity index (χ4v) is 3.34. The highest BCUT2D eigenvalue weighted by Gasteiger charge is 2.31. The Hall–Kier alpha value is -1.24. The molecule has 1 atom stereocenters. The number of halogens is 1. The molecular weight excluding hydrogens is 246 g/mol. The predicted octanol–water partition coefficient (Wildman–Crippen LogP) is 2.50. The Bertz CT molecular complexity index is 494. The van der Waals surface area contributed by atoms with Crippen molar-refractivity contribution in [1.29, 1.82) is 5.26 Å². The van der Waals surface area contributed by atoms with E-state index in [1.165, 1.54) is 19.4 Å². The average Bonchev–Trinajstić information content (AvgIpc) is 2.85. The summed E-state index contributed by atoms with van der Waals surface area (Å²) in [5, 5.41) is 9.55. The molecule has 0 N–H and O–H groups in total. The second kappa shape index (κ2) is 4.79. The Morgan fingerprint density at radius 3 is 2.94 bits per heavy atom. The van der Waals surface area contributed by atoms with E-state index in [2.05, 4.69) is 15.9 Å². The van der Waals surface area contributed by atoms with Gasteiger partial charge in [-0.1, -0.05) is 11.6 Å². The number of nitrogens with zero attached hydrogens (tertiary/aromatic N) is 3. The molecule has 1 unspecified atom stereocenters. The summed E-state index contributed by atoms with van der Waals surface area (Å²) >= 11 is 6.28. The molecule has 0 bridgehead atoms. The van der Waals surface area contributed by atoms with Crippen LogP contribution < -0.4 is 4.90 Å². The normalized spacial score (nSPS) is 23.8. The summed E-state index contributed by atoms with van der Waals surface area (Å²) in [5.74, 6) is 0. The van der Waals surface area contributed by atoms with Gasteiger partial charge in [0.15, 0.2) is 0 Å². The minimum atomic E-state index is 0.628. The molecule has 0 amide bonds. The van der Waals surface area contributed by atoms with Crippen molar-refractivity contribution < 1.29 is 0 Å². The molecule has 3 rings (SSSR count). The summed E-state index contributed by atoms with van der Waals surface area (Å²) in [6.07, 6.45) is 2.62. The second-order valence-electron chi connectivity index (χ2n) is 5.06. The zero-order valence-electron chi connectivity index (χ0n) is 10.3.